The molecule has 0 amide bonds. The number of Topliss-reactive ketones (excluding diaryl/α,β-unsaturated/α-hetero) is 1. The first-order valence-corrected chi connectivity index (χ1v) is 8.17. The van der Waals surface area contributed by atoms with Gasteiger partial charge >= 0.3 is 0 Å². The summed E-state index contributed by atoms with van der Waals surface area (Å²) < 4.78 is 0. The Morgan fingerprint density at radius 3 is 2.90 bits per heavy atom. The van der Waals surface area contributed by atoms with E-state index in [0.29, 0.717) is 23.5 Å². The normalized spacial score (nSPS) is 31.6. The third-order valence-electron chi connectivity index (χ3n) is 5.49. The Morgan fingerprint density at radius 2 is 1.95 bits per heavy atom. The van der Waals surface area contributed by atoms with Crippen molar-refractivity contribution >= 4 is 5.78 Å². The molecule has 104 valence electrons. The predicted octanol–water partition coefficient (Wildman–Crippen LogP) is 4.42. The number of carbonyl (C=O) groups excluding carboxylic acids is 1. The number of rotatable bonds is 2. The Labute approximate surface area is 121 Å². The van der Waals surface area contributed by atoms with Crippen molar-refractivity contribution in [1.82, 2.24) is 0 Å². The van der Waals surface area contributed by atoms with Gasteiger partial charge in [-0.1, -0.05) is 36.8 Å². The Morgan fingerprint density at radius 1 is 1.05 bits per heavy atom. The molecule has 3 aliphatic rings. The van der Waals surface area contributed by atoms with E-state index in [1.54, 1.807) is 0 Å². The van der Waals surface area contributed by atoms with Crippen molar-refractivity contribution < 1.29 is 4.79 Å². The summed E-state index contributed by atoms with van der Waals surface area (Å²) in [6.07, 6.45) is 10.5. The van der Waals surface area contributed by atoms with Crippen LogP contribution in [0.4, 0.5) is 0 Å². The standard InChI is InChI=1S/C19H22O/c20-19(14-8-3-1-2-4-9-14)18-16-12-11-13-7-5-6-10-15(13)17(16)18/h5-8,10,16-18H,1-4,9,11-12H2. The monoisotopic (exact) mass is 266 g/mol. The maximum Gasteiger partial charge on any atom is 0.162 e. The Hall–Kier alpha value is -1.37. The summed E-state index contributed by atoms with van der Waals surface area (Å²) in [6.45, 7) is 0. The number of fused-ring (bicyclic) bond motifs is 3. The number of hydrogen-bond donors (Lipinski definition) is 0. The molecule has 0 aromatic heterocycles. The van der Waals surface area contributed by atoms with Crippen molar-refractivity contribution in [1.29, 1.82) is 0 Å². The van der Waals surface area contributed by atoms with E-state index in [2.05, 4.69) is 30.3 Å². The molecule has 0 aliphatic heterocycles. The summed E-state index contributed by atoms with van der Waals surface area (Å²) in [6, 6.07) is 8.76. The van der Waals surface area contributed by atoms with Crippen LogP contribution >= 0.6 is 0 Å². The first kappa shape index (κ1) is 12.4. The Kier molecular flexibility index (Phi) is 3.02. The highest BCUT2D eigenvalue weighted by atomic mass is 16.1. The second-order valence-corrected chi connectivity index (χ2v) is 6.65. The molecule has 0 heterocycles. The lowest BCUT2D eigenvalue weighted by atomic mass is 9.92. The number of benzene rings is 1. The molecule has 20 heavy (non-hydrogen) atoms. The lowest BCUT2D eigenvalue weighted by Crippen LogP contribution is -2.07. The van der Waals surface area contributed by atoms with Crippen molar-refractivity contribution in [3.8, 4) is 0 Å². The molecule has 0 N–H and O–H groups in total. The molecule has 0 spiro atoms. The van der Waals surface area contributed by atoms with Gasteiger partial charge in [0.1, 0.15) is 0 Å². The van der Waals surface area contributed by atoms with E-state index in [0.717, 1.165) is 18.4 Å². The topological polar surface area (TPSA) is 17.1 Å². The fourth-order valence-corrected chi connectivity index (χ4v) is 4.38. The predicted molar refractivity (Wildman–Crippen MR) is 80.7 cm³/mol. The van der Waals surface area contributed by atoms with Crippen LogP contribution in [-0.4, -0.2) is 5.78 Å². The maximum absolute atomic E-state index is 12.8. The van der Waals surface area contributed by atoms with Gasteiger partial charge in [0.2, 0.25) is 0 Å². The van der Waals surface area contributed by atoms with Crippen molar-refractivity contribution in [2.24, 2.45) is 11.8 Å². The van der Waals surface area contributed by atoms with E-state index in [-0.39, 0.29) is 0 Å². The average molecular weight is 266 g/mol. The zero-order valence-electron chi connectivity index (χ0n) is 12.0. The van der Waals surface area contributed by atoms with Crippen LogP contribution in [0.3, 0.4) is 0 Å². The second kappa shape index (κ2) is 4.87. The first-order valence-electron chi connectivity index (χ1n) is 8.17. The molecule has 0 radical (unpaired) electrons. The smallest absolute Gasteiger partial charge is 0.162 e. The van der Waals surface area contributed by atoms with Gasteiger partial charge in [0.25, 0.3) is 0 Å². The van der Waals surface area contributed by atoms with Crippen LogP contribution in [0.2, 0.25) is 0 Å². The van der Waals surface area contributed by atoms with Crippen molar-refractivity contribution in [2.75, 3.05) is 0 Å². The van der Waals surface area contributed by atoms with Gasteiger partial charge in [-0.2, -0.15) is 0 Å². The molecular formula is C19H22O. The fraction of sp³-hybridized carbons (Fsp3) is 0.526. The van der Waals surface area contributed by atoms with Gasteiger partial charge < -0.3 is 0 Å². The average Bonchev–Trinajstić information content (AvgIpc) is 3.26. The lowest BCUT2D eigenvalue weighted by molar-refractivity contribution is -0.117. The summed E-state index contributed by atoms with van der Waals surface area (Å²) in [5.74, 6) is 1.97. The van der Waals surface area contributed by atoms with Crippen LogP contribution in [0, 0.1) is 11.8 Å². The SMILES string of the molecule is O=C(C1=CCCCCC1)C1C2CCc3ccccc3C21. The summed E-state index contributed by atoms with van der Waals surface area (Å²) >= 11 is 0. The first-order chi connectivity index (χ1) is 9.86. The molecule has 0 bridgehead atoms. The third-order valence-corrected chi connectivity index (χ3v) is 5.49. The van der Waals surface area contributed by atoms with Gasteiger partial charge in [0, 0.05) is 5.92 Å². The minimum atomic E-state index is 0.308. The molecule has 1 aromatic rings. The third kappa shape index (κ3) is 1.95. The van der Waals surface area contributed by atoms with E-state index in [1.165, 1.54) is 43.2 Å². The zero-order valence-corrected chi connectivity index (χ0v) is 12.0. The van der Waals surface area contributed by atoms with Crippen LogP contribution in [0.1, 0.15) is 55.6 Å². The van der Waals surface area contributed by atoms with Crippen LogP contribution in [-0.2, 0) is 11.2 Å². The quantitative estimate of drug-likeness (QED) is 0.774. The molecule has 1 heteroatoms. The van der Waals surface area contributed by atoms with Gasteiger partial charge in [-0.3, -0.25) is 4.79 Å². The van der Waals surface area contributed by atoms with Crippen molar-refractivity contribution in [3.05, 3.63) is 47.0 Å². The van der Waals surface area contributed by atoms with Gasteiger partial charge in [-0.05, 0) is 67.1 Å². The van der Waals surface area contributed by atoms with Crippen LogP contribution < -0.4 is 0 Å². The fourth-order valence-electron chi connectivity index (χ4n) is 4.38. The van der Waals surface area contributed by atoms with Crippen LogP contribution in [0.5, 0.6) is 0 Å². The van der Waals surface area contributed by atoms with Crippen LogP contribution in [0.25, 0.3) is 0 Å². The number of hydrogen-bond acceptors (Lipinski definition) is 1. The minimum Gasteiger partial charge on any atom is -0.294 e. The Bertz CT molecular complexity index is 569. The van der Waals surface area contributed by atoms with E-state index in [1.807, 2.05) is 0 Å². The number of aryl methyl sites for hydroxylation is 1. The Balaban J connectivity index is 1.57. The molecule has 3 unspecified atom stereocenters. The van der Waals surface area contributed by atoms with E-state index in [9.17, 15) is 4.79 Å². The molecule has 3 aliphatic carbocycles. The second-order valence-electron chi connectivity index (χ2n) is 6.65. The minimum absolute atomic E-state index is 0.308. The summed E-state index contributed by atoms with van der Waals surface area (Å²) in [5, 5.41) is 0. The van der Waals surface area contributed by atoms with Crippen LogP contribution in [0.15, 0.2) is 35.9 Å². The van der Waals surface area contributed by atoms with E-state index >= 15 is 0 Å². The van der Waals surface area contributed by atoms with E-state index < -0.39 is 0 Å². The molecule has 0 saturated heterocycles. The van der Waals surface area contributed by atoms with Gasteiger partial charge in [0.05, 0.1) is 0 Å². The maximum atomic E-state index is 12.8. The largest absolute Gasteiger partial charge is 0.294 e. The summed E-state index contributed by atoms with van der Waals surface area (Å²) in [5.41, 5.74) is 4.11. The highest BCUT2D eigenvalue weighted by Crippen LogP contribution is 2.60. The molecule has 1 aromatic carbocycles. The summed E-state index contributed by atoms with van der Waals surface area (Å²) in [7, 11) is 0. The molecule has 1 saturated carbocycles. The highest BCUT2D eigenvalue weighted by Gasteiger charge is 2.56. The molecular weight excluding hydrogens is 244 g/mol. The highest BCUT2D eigenvalue weighted by molar-refractivity contribution is 6.00. The molecule has 1 fully saturated rings. The molecule has 3 atom stereocenters. The molecule has 1 nitrogen and oxygen atoms in total. The lowest BCUT2D eigenvalue weighted by Gasteiger charge is -2.13. The van der Waals surface area contributed by atoms with Crippen molar-refractivity contribution in [3.63, 3.8) is 0 Å². The van der Waals surface area contributed by atoms with Gasteiger partial charge in [-0.25, -0.2) is 0 Å². The number of ketones is 1. The summed E-state index contributed by atoms with van der Waals surface area (Å²) in [4.78, 5) is 12.8. The van der Waals surface area contributed by atoms with E-state index in [4.69, 9.17) is 0 Å². The zero-order chi connectivity index (χ0) is 13.5. The number of allylic oxidation sites excluding steroid dienone is 2. The van der Waals surface area contributed by atoms with Gasteiger partial charge in [-0.15, -0.1) is 0 Å². The number of carbonyl (C=O) groups is 1. The van der Waals surface area contributed by atoms with Crippen molar-refractivity contribution in [2.45, 2.75) is 50.9 Å². The van der Waals surface area contributed by atoms with Gasteiger partial charge in [0.15, 0.2) is 5.78 Å². The molecule has 4 rings (SSSR count).